The van der Waals surface area contributed by atoms with Crippen LogP contribution in [0, 0.1) is 91.2 Å². The summed E-state index contributed by atoms with van der Waals surface area (Å²) in [7, 11) is 4.97. The van der Waals surface area contributed by atoms with Crippen molar-refractivity contribution in [2.24, 2.45) is 91.2 Å². The lowest BCUT2D eigenvalue weighted by molar-refractivity contribution is -0.198. The van der Waals surface area contributed by atoms with E-state index in [0.29, 0.717) is 29.4 Å². The number of nitrogens with zero attached hydrogens (tertiary/aromatic N) is 1. The first-order chi connectivity index (χ1) is 55.9. The predicted molar refractivity (Wildman–Crippen MR) is 496 cm³/mol. The summed E-state index contributed by atoms with van der Waals surface area (Å²) in [6.07, 6.45) is 44.9. The van der Waals surface area contributed by atoms with Crippen molar-refractivity contribution >= 4 is 47.7 Å². The minimum absolute atomic E-state index is 0.00590. The average molecular weight is 1710 g/mol. The maximum atomic E-state index is 12.9. The second kappa shape index (κ2) is 52.9. The van der Waals surface area contributed by atoms with Crippen molar-refractivity contribution in [1.82, 2.24) is 4.90 Å². The molecule has 0 heterocycles. The Hall–Kier alpha value is -4.28. The zero-order valence-corrected chi connectivity index (χ0v) is 85.1. The van der Waals surface area contributed by atoms with E-state index in [1.54, 1.807) is 7.11 Å². The van der Waals surface area contributed by atoms with E-state index in [9.17, 15) is 38.4 Å². The Labute approximate surface area is 743 Å². The average Bonchev–Trinajstić information content (AvgIpc) is 0.959. The molecule has 0 unspecified atom stereocenters. The Morgan fingerprint density at radius 1 is 0.438 bits per heavy atom. The van der Waals surface area contributed by atoms with Gasteiger partial charge in [-0.1, -0.05) is 187 Å². The van der Waals surface area contributed by atoms with Crippen LogP contribution in [-0.4, -0.2) is 122 Å². The highest BCUT2D eigenvalue weighted by molar-refractivity contribution is 5.87. The minimum Gasteiger partial charge on any atom is -0.469 e. The van der Waals surface area contributed by atoms with Crippen molar-refractivity contribution < 1.29 is 76.3 Å². The molecule has 11 aliphatic carbocycles. The van der Waals surface area contributed by atoms with Gasteiger partial charge in [0.15, 0.2) is 0 Å². The van der Waals surface area contributed by atoms with E-state index in [2.05, 4.69) is 94.7 Å². The number of rotatable bonds is 30. The highest BCUT2D eigenvalue weighted by atomic mass is 16.6. The molecule has 17 heteroatoms. The van der Waals surface area contributed by atoms with Gasteiger partial charge in [0.25, 0.3) is 0 Å². The molecule has 121 heavy (non-hydrogen) atoms. The molecule has 0 radical (unpaired) electrons. The van der Waals surface area contributed by atoms with Crippen LogP contribution < -0.4 is 0 Å². The molecule has 11 saturated carbocycles. The molecule has 11 rings (SSSR count). The molecular weight excluding hydrogens is 1520 g/mol. The molecule has 0 aliphatic heterocycles. The van der Waals surface area contributed by atoms with E-state index >= 15 is 0 Å². The van der Waals surface area contributed by atoms with Crippen LogP contribution in [0.1, 0.15) is 459 Å². The summed E-state index contributed by atoms with van der Waals surface area (Å²) in [6.45, 7) is 63.7. The first-order valence-corrected chi connectivity index (χ1v) is 49.0. The van der Waals surface area contributed by atoms with E-state index in [4.69, 9.17) is 33.2 Å². The summed E-state index contributed by atoms with van der Waals surface area (Å²) < 4.78 is 42.1. The number of carbonyl (C=O) groups is 8. The van der Waals surface area contributed by atoms with Crippen molar-refractivity contribution in [2.75, 3.05) is 34.5 Å². The number of amides is 1. The Bertz CT molecular complexity index is 2930. The van der Waals surface area contributed by atoms with Crippen LogP contribution >= 0.6 is 0 Å². The van der Waals surface area contributed by atoms with Gasteiger partial charge < -0.3 is 42.8 Å². The number of methoxy groups -OCH3 is 2. The Morgan fingerprint density at radius 3 is 1.22 bits per heavy atom. The highest BCUT2D eigenvalue weighted by Gasteiger charge is 2.57. The quantitative estimate of drug-likeness (QED) is 0.0483. The van der Waals surface area contributed by atoms with Crippen LogP contribution in [0.2, 0.25) is 0 Å². The van der Waals surface area contributed by atoms with Gasteiger partial charge >= 0.3 is 41.8 Å². The number of hydrogen-bond donors (Lipinski definition) is 0. The van der Waals surface area contributed by atoms with Gasteiger partial charge in [-0.2, -0.15) is 0 Å². The first kappa shape index (κ1) is 115. The van der Waals surface area contributed by atoms with E-state index in [0.717, 1.165) is 151 Å². The maximum Gasteiger partial charge on any atom is 0.312 e. The first-order valence-electron chi connectivity index (χ1n) is 49.0. The zero-order valence-electron chi connectivity index (χ0n) is 85.1. The van der Waals surface area contributed by atoms with Gasteiger partial charge in [-0.05, 0) is 316 Å². The number of ether oxygens (including phenoxy) is 8. The van der Waals surface area contributed by atoms with Crippen molar-refractivity contribution in [1.29, 1.82) is 0 Å². The van der Waals surface area contributed by atoms with Gasteiger partial charge in [-0.25, -0.2) is 0 Å². The molecule has 1 amide bonds. The van der Waals surface area contributed by atoms with Crippen molar-refractivity contribution in [3.05, 3.63) is 0 Å². The molecule has 0 aromatic rings. The molecule has 8 bridgehead atoms. The monoisotopic (exact) mass is 1710 g/mol. The number of hydrogen-bond acceptors (Lipinski definition) is 16. The van der Waals surface area contributed by atoms with Crippen LogP contribution in [0.3, 0.4) is 0 Å². The minimum atomic E-state index is -0.681. The molecule has 0 N–H and O–H groups in total. The van der Waals surface area contributed by atoms with Crippen molar-refractivity contribution in [3.63, 3.8) is 0 Å². The SMILES string of the molecule is CC(C)(C(=O)OC12CC3CC(CC(C3)C1)C2)C1CCCC1.CCC(C)(C)C1CCCCC1.CCC(C)(C)CCOC.CCC(C)(C)OC(C)=O.CCCC(C)(C)C(=O)OC(C)C.CCCC(C)(C)OC(=O)C(C)C.CCCC(C)(C)OC(=O)C12CC3CC(CC(C3)C1)C2.CCOC(=O)C(C)(C)CC.COC(=O)CC(C)(C)C(=O)N(C)C1CCCCC1. The van der Waals surface area contributed by atoms with E-state index < -0.39 is 5.41 Å². The molecule has 0 saturated heterocycles. The molecule has 0 aromatic carbocycles. The molecule has 11 aliphatic rings. The fourth-order valence-electron chi connectivity index (χ4n) is 20.1. The second-order valence-electron chi connectivity index (χ2n) is 44.9. The maximum absolute atomic E-state index is 12.9. The van der Waals surface area contributed by atoms with Gasteiger partial charge in [-0.15, -0.1) is 0 Å². The summed E-state index contributed by atoms with van der Waals surface area (Å²) in [4.78, 5) is 95.4. The fraction of sp³-hybridized carbons (Fsp3) is 0.923. The molecule has 0 atom stereocenters. The summed E-state index contributed by atoms with van der Waals surface area (Å²) in [5.41, 5.74) is -1.54. The van der Waals surface area contributed by atoms with Crippen LogP contribution in [0.15, 0.2) is 0 Å². The van der Waals surface area contributed by atoms with Gasteiger partial charge in [0.05, 0.1) is 59.2 Å². The lowest BCUT2D eigenvalue weighted by Crippen LogP contribution is -2.54. The number of esters is 7. The van der Waals surface area contributed by atoms with Crippen molar-refractivity contribution in [3.8, 4) is 0 Å². The van der Waals surface area contributed by atoms with Gasteiger partial charge in [0, 0.05) is 33.7 Å². The highest BCUT2D eigenvalue weighted by Crippen LogP contribution is 2.61. The van der Waals surface area contributed by atoms with E-state index in [1.165, 1.54) is 149 Å². The Morgan fingerprint density at radius 2 is 0.860 bits per heavy atom. The molecule has 11 fully saturated rings. The van der Waals surface area contributed by atoms with Crippen LogP contribution in [0.5, 0.6) is 0 Å². The zero-order chi connectivity index (χ0) is 93.0. The van der Waals surface area contributed by atoms with Gasteiger partial charge in [0.2, 0.25) is 5.91 Å². The molecule has 710 valence electrons. The predicted octanol–water partition coefficient (Wildman–Crippen LogP) is 27.1. The third kappa shape index (κ3) is 41.6. The molecule has 0 spiro atoms. The topological polar surface area (TPSA) is 214 Å². The van der Waals surface area contributed by atoms with Gasteiger partial charge in [-0.3, -0.25) is 38.4 Å². The lowest BCUT2D eigenvalue weighted by atomic mass is 9.49. The third-order valence-electron chi connectivity index (χ3n) is 28.7. The van der Waals surface area contributed by atoms with Crippen LogP contribution in [0.4, 0.5) is 0 Å². The summed E-state index contributed by atoms with van der Waals surface area (Å²) in [5, 5.41) is 0. The summed E-state index contributed by atoms with van der Waals surface area (Å²) >= 11 is 0. The fourth-order valence-corrected chi connectivity index (χ4v) is 20.1. The number of carbonyl (C=O) groups excluding carboxylic acids is 8. The van der Waals surface area contributed by atoms with Crippen LogP contribution in [0.25, 0.3) is 0 Å². The smallest absolute Gasteiger partial charge is 0.312 e. The standard InChI is InChI=1S/C19H30O2.C17H28O2.C14H25NO3.C11H22.2C10H20O2.C8H16O2.C8H18O.C7H14O2/c1-18(2,16-5-3-4-6-16)17(20)21-19-10-13-7-14(11-19)9-15(8-13)12-19;1-4-5-16(2,3)19-15(18)17-9-12-6-13(10-17)8-14(7-12)11-17;1-14(2,10-12(16)18-4)13(17)15(3)11-8-6-5-7-9-11;1-4-11(2,3)10-8-6-5-7-9-10;1-6-7-10(4,5)9(11)12-8(2)3;1-6-7-10(4,5)12-9(11)8(2)3;1-5-8(3,4)7(9)10-6-2;1-5-8(2,3)6-7-9-4;1-5-7(3,4)9-6(2)8/h13-16H,3-12H2,1-2H3;12-14H,4-11H2,1-3H3;11H,5-10H2,1-4H3;10H,4-9H2,1-3H3;2*8H,6-7H2,1-5H3;5-6H2,1-4H3;5-7H2,1-4H3;5H2,1-4H3. The summed E-state index contributed by atoms with van der Waals surface area (Å²) in [5.74, 6) is 5.96. The Balaban J connectivity index is 0.000000694. The van der Waals surface area contributed by atoms with Crippen LogP contribution in [-0.2, 0) is 76.3 Å². The van der Waals surface area contributed by atoms with E-state index in [-0.39, 0.29) is 110 Å². The van der Waals surface area contributed by atoms with E-state index in [1.807, 2.05) is 130 Å². The summed E-state index contributed by atoms with van der Waals surface area (Å²) in [6, 6.07) is 0.336. The normalized spacial score (nSPS) is 23.3. The van der Waals surface area contributed by atoms with Crippen molar-refractivity contribution in [2.45, 2.75) is 493 Å². The van der Waals surface area contributed by atoms with Gasteiger partial charge in [0.1, 0.15) is 22.4 Å². The Kier molecular flexibility index (Phi) is 50.1. The molecule has 0 aromatic heterocycles. The largest absolute Gasteiger partial charge is 0.469 e. The molecular formula is C104H193NO16. The lowest BCUT2D eigenvalue weighted by Gasteiger charge is -2.56. The third-order valence-corrected chi connectivity index (χ3v) is 28.7. The second-order valence-corrected chi connectivity index (χ2v) is 44.9. The molecule has 17 nitrogen and oxygen atoms in total.